The van der Waals surface area contributed by atoms with E-state index in [0.717, 1.165) is 5.56 Å². The number of benzene rings is 2. The van der Waals surface area contributed by atoms with Crippen molar-refractivity contribution in [2.45, 2.75) is 32.6 Å². The Morgan fingerprint density at radius 3 is 2.43 bits per heavy atom. The normalized spacial score (nSPS) is 11.5. The fraction of sp³-hybridized carbons (Fsp3) is 0.278. The highest BCUT2D eigenvalue weighted by Gasteiger charge is 2.21. The van der Waals surface area contributed by atoms with Gasteiger partial charge in [-0.05, 0) is 28.7 Å². The Hall–Kier alpha value is -1.67. The third-order valence-electron chi connectivity index (χ3n) is 3.40. The van der Waals surface area contributed by atoms with Crippen molar-refractivity contribution in [2.24, 2.45) is 0 Å². The average molecular weight is 305 g/mol. The van der Waals surface area contributed by atoms with Gasteiger partial charge in [-0.1, -0.05) is 62.7 Å². The molecular formula is C18H18ClFO. The number of ketones is 1. The first kappa shape index (κ1) is 15.7. The summed E-state index contributed by atoms with van der Waals surface area (Å²) < 4.78 is 13.1. The van der Waals surface area contributed by atoms with Crippen LogP contribution in [0.25, 0.3) is 0 Å². The molecule has 0 saturated heterocycles. The van der Waals surface area contributed by atoms with Crippen LogP contribution in [-0.2, 0) is 11.8 Å². The molecular weight excluding hydrogens is 287 g/mol. The minimum Gasteiger partial charge on any atom is -0.294 e. The van der Waals surface area contributed by atoms with Crippen LogP contribution < -0.4 is 0 Å². The Kier molecular flexibility index (Phi) is 4.48. The SMILES string of the molecule is CC(C)(C)c1ccccc1C(=O)Cc1ccc(F)cc1Cl. The molecule has 0 aliphatic heterocycles. The first-order valence-corrected chi connectivity index (χ1v) is 7.23. The molecule has 0 unspecified atom stereocenters. The molecule has 0 saturated carbocycles. The van der Waals surface area contributed by atoms with Crippen molar-refractivity contribution >= 4 is 17.4 Å². The molecule has 0 spiro atoms. The van der Waals surface area contributed by atoms with Gasteiger partial charge in [-0.2, -0.15) is 0 Å². The third kappa shape index (κ3) is 3.70. The van der Waals surface area contributed by atoms with Crippen molar-refractivity contribution in [2.75, 3.05) is 0 Å². The highest BCUT2D eigenvalue weighted by atomic mass is 35.5. The lowest BCUT2D eigenvalue weighted by Gasteiger charge is -2.22. The number of rotatable bonds is 3. The maximum Gasteiger partial charge on any atom is 0.167 e. The molecule has 3 heteroatoms. The molecule has 0 radical (unpaired) electrons. The standard InChI is InChI=1S/C18H18ClFO/c1-18(2,3)15-7-5-4-6-14(15)17(21)10-12-8-9-13(20)11-16(12)19/h4-9,11H,10H2,1-3H3. The fourth-order valence-electron chi connectivity index (χ4n) is 2.31. The Morgan fingerprint density at radius 2 is 1.81 bits per heavy atom. The molecule has 0 fully saturated rings. The van der Waals surface area contributed by atoms with Crippen LogP contribution in [0.4, 0.5) is 4.39 Å². The van der Waals surface area contributed by atoms with Gasteiger partial charge in [0.05, 0.1) is 0 Å². The molecule has 0 aromatic heterocycles. The predicted molar refractivity (Wildman–Crippen MR) is 84.6 cm³/mol. The second-order valence-electron chi connectivity index (χ2n) is 6.13. The number of carbonyl (C=O) groups excluding carboxylic acids is 1. The molecule has 0 N–H and O–H groups in total. The van der Waals surface area contributed by atoms with Crippen LogP contribution >= 0.6 is 11.6 Å². The Balaban J connectivity index is 2.33. The van der Waals surface area contributed by atoms with Gasteiger partial charge in [-0.3, -0.25) is 4.79 Å². The summed E-state index contributed by atoms with van der Waals surface area (Å²) in [7, 11) is 0. The number of hydrogen-bond acceptors (Lipinski definition) is 1. The number of hydrogen-bond donors (Lipinski definition) is 0. The van der Waals surface area contributed by atoms with Gasteiger partial charge in [0.25, 0.3) is 0 Å². The number of Topliss-reactive ketones (excluding diaryl/α,β-unsaturated/α-hetero) is 1. The zero-order chi connectivity index (χ0) is 15.6. The van der Waals surface area contributed by atoms with Crippen LogP contribution in [0.5, 0.6) is 0 Å². The molecule has 0 amide bonds. The smallest absolute Gasteiger partial charge is 0.167 e. The van der Waals surface area contributed by atoms with Gasteiger partial charge in [-0.15, -0.1) is 0 Å². The number of halogens is 2. The minimum absolute atomic E-state index is 0.00552. The van der Waals surface area contributed by atoms with E-state index in [1.807, 2.05) is 24.3 Å². The molecule has 1 nitrogen and oxygen atoms in total. The number of carbonyl (C=O) groups is 1. The zero-order valence-corrected chi connectivity index (χ0v) is 13.2. The van der Waals surface area contributed by atoms with Gasteiger partial charge in [0.1, 0.15) is 5.82 Å². The van der Waals surface area contributed by atoms with E-state index in [4.69, 9.17) is 11.6 Å². The summed E-state index contributed by atoms with van der Waals surface area (Å²) in [5, 5.41) is 0.289. The maximum atomic E-state index is 13.1. The van der Waals surface area contributed by atoms with Crippen LogP contribution in [0.15, 0.2) is 42.5 Å². The van der Waals surface area contributed by atoms with Crippen LogP contribution in [0.3, 0.4) is 0 Å². The predicted octanol–water partition coefficient (Wildman–Crippen LogP) is 5.20. The highest BCUT2D eigenvalue weighted by molar-refractivity contribution is 6.31. The average Bonchev–Trinajstić information content (AvgIpc) is 2.41. The van der Waals surface area contributed by atoms with Crippen molar-refractivity contribution in [3.63, 3.8) is 0 Å². The molecule has 110 valence electrons. The summed E-state index contributed by atoms with van der Waals surface area (Å²) in [5.74, 6) is -0.402. The monoisotopic (exact) mass is 304 g/mol. The van der Waals surface area contributed by atoms with E-state index in [1.165, 1.54) is 12.1 Å². The molecule has 0 aliphatic rings. The van der Waals surface area contributed by atoms with Gasteiger partial charge in [0.2, 0.25) is 0 Å². The van der Waals surface area contributed by atoms with E-state index < -0.39 is 5.82 Å². The van der Waals surface area contributed by atoms with E-state index in [2.05, 4.69) is 20.8 Å². The van der Waals surface area contributed by atoms with E-state index >= 15 is 0 Å². The molecule has 21 heavy (non-hydrogen) atoms. The second kappa shape index (κ2) is 5.98. The highest BCUT2D eigenvalue weighted by Crippen LogP contribution is 2.27. The third-order valence-corrected chi connectivity index (χ3v) is 3.75. The van der Waals surface area contributed by atoms with Gasteiger partial charge in [0.15, 0.2) is 5.78 Å². The summed E-state index contributed by atoms with van der Waals surface area (Å²) >= 11 is 6.00. The molecule has 0 heterocycles. The molecule has 2 aromatic carbocycles. The van der Waals surface area contributed by atoms with E-state index in [-0.39, 0.29) is 22.6 Å². The molecule has 0 bridgehead atoms. The lowest BCUT2D eigenvalue weighted by atomic mass is 9.82. The Morgan fingerprint density at radius 1 is 1.14 bits per heavy atom. The molecule has 2 aromatic rings. The summed E-state index contributed by atoms with van der Waals surface area (Å²) in [6.45, 7) is 6.22. The van der Waals surface area contributed by atoms with Crippen LogP contribution in [0.1, 0.15) is 42.3 Å². The van der Waals surface area contributed by atoms with Crippen LogP contribution in [0.2, 0.25) is 5.02 Å². The summed E-state index contributed by atoms with van der Waals surface area (Å²) in [6, 6.07) is 11.7. The van der Waals surface area contributed by atoms with Crippen LogP contribution in [-0.4, -0.2) is 5.78 Å². The fourth-order valence-corrected chi connectivity index (χ4v) is 2.55. The summed E-state index contributed by atoms with van der Waals surface area (Å²) in [6.07, 6.45) is 0.173. The van der Waals surface area contributed by atoms with E-state index in [9.17, 15) is 9.18 Å². The Labute approximate surface area is 129 Å². The Bertz CT molecular complexity index is 671. The van der Waals surface area contributed by atoms with Crippen LogP contribution in [0, 0.1) is 5.82 Å². The van der Waals surface area contributed by atoms with Gasteiger partial charge in [-0.25, -0.2) is 4.39 Å². The van der Waals surface area contributed by atoms with Crippen molar-refractivity contribution in [1.29, 1.82) is 0 Å². The van der Waals surface area contributed by atoms with E-state index in [0.29, 0.717) is 11.1 Å². The summed E-state index contributed by atoms with van der Waals surface area (Å²) in [5.41, 5.74) is 2.24. The largest absolute Gasteiger partial charge is 0.294 e. The molecule has 0 atom stereocenters. The lowest BCUT2D eigenvalue weighted by Crippen LogP contribution is -2.17. The molecule has 0 aliphatic carbocycles. The molecule has 2 rings (SSSR count). The van der Waals surface area contributed by atoms with Gasteiger partial charge < -0.3 is 0 Å². The topological polar surface area (TPSA) is 17.1 Å². The van der Waals surface area contributed by atoms with Gasteiger partial charge >= 0.3 is 0 Å². The van der Waals surface area contributed by atoms with Crippen molar-refractivity contribution in [3.05, 3.63) is 70.0 Å². The minimum atomic E-state index is -0.397. The zero-order valence-electron chi connectivity index (χ0n) is 12.4. The van der Waals surface area contributed by atoms with Crippen molar-refractivity contribution in [3.8, 4) is 0 Å². The quantitative estimate of drug-likeness (QED) is 0.712. The van der Waals surface area contributed by atoms with Crippen molar-refractivity contribution < 1.29 is 9.18 Å². The first-order chi connectivity index (χ1) is 9.79. The van der Waals surface area contributed by atoms with Crippen molar-refractivity contribution in [1.82, 2.24) is 0 Å². The maximum absolute atomic E-state index is 13.1. The second-order valence-corrected chi connectivity index (χ2v) is 6.54. The first-order valence-electron chi connectivity index (χ1n) is 6.85. The van der Waals surface area contributed by atoms with E-state index in [1.54, 1.807) is 6.07 Å². The summed E-state index contributed by atoms with van der Waals surface area (Å²) in [4.78, 5) is 12.6. The lowest BCUT2D eigenvalue weighted by molar-refractivity contribution is 0.0991. The van der Waals surface area contributed by atoms with Gasteiger partial charge in [0, 0.05) is 17.0 Å².